The topological polar surface area (TPSA) is 96.9 Å². The molecule has 0 aliphatic heterocycles. The highest BCUT2D eigenvalue weighted by atomic mass is 32.2. The van der Waals surface area contributed by atoms with Crippen LogP contribution in [-0.4, -0.2) is 29.8 Å². The van der Waals surface area contributed by atoms with Crippen molar-refractivity contribution in [2.45, 2.75) is 24.8 Å². The third-order valence-corrected chi connectivity index (χ3v) is 4.68. The van der Waals surface area contributed by atoms with E-state index >= 15 is 0 Å². The molecule has 0 fully saturated rings. The minimum Gasteiger partial charge on any atom is -0.310 e. The predicted octanol–water partition coefficient (Wildman–Crippen LogP) is 1.40. The molecule has 0 radical (unpaired) electrons. The summed E-state index contributed by atoms with van der Waals surface area (Å²) in [6, 6.07) is 6.87. The Morgan fingerprint density at radius 1 is 1.40 bits per heavy atom. The van der Waals surface area contributed by atoms with Crippen molar-refractivity contribution in [2.24, 2.45) is 0 Å². The molecule has 1 aromatic heterocycles. The second-order valence-corrected chi connectivity index (χ2v) is 6.54. The Hall–Kier alpha value is -1.58. The fraction of sp³-hybridized carbons (Fsp3) is 0.364. The second kappa shape index (κ2) is 6.25. The number of nitrogens with one attached hydrogen (secondary N) is 2. The minimum atomic E-state index is -3.66. The SMILES string of the molecule is CCNC(C)c1cccc(S(=O)(=O)Nc2nnns2)c1. The van der Waals surface area contributed by atoms with Gasteiger partial charge in [0, 0.05) is 17.6 Å². The number of hydrogen-bond donors (Lipinski definition) is 2. The van der Waals surface area contributed by atoms with E-state index in [0.29, 0.717) is 0 Å². The van der Waals surface area contributed by atoms with E-state index in [9.17, 15) is 8.42 Å². The van der Waals surface area contributed by atoms with E-state index in [1.807, 2.05) is 19.9 Å². The zero-order valence-corrected chi connectivity index (χ0v) is 12.7. The van der Waals surface area contributed by atoms with Gasteiger partial charge in [0.15, 0.2) is 0 Å². The lowest BCUT2D eigenvalue weighted by Crippen LogP contribution is -2.18. The number of nitrogens with zero attached hydrogens (tertiary/aromatic N) is 3. The zero-order valence-electron chi connectivity index (χ0n) is 11.1. The standard InChI is InChI=1S/C11H15N5O2S2/c1-3-12-8(2)9-5-4-6-10(7-9)20(17,18)14-11-13-15-16-19-11/h4-8,12H,3H2,1-2H3,(H,13,14,16). The summed E-state index contributed by atoms with van der Waals surface area (Å²) in [7, 11) is -3.66. The molecule has 1 heterocycles. The van der Waals surface area contributed by atoms with Crippen molar-refractivity contribution in [2.75, 3.05) is 11.3 Å². The maximum absolute atomic E-state index is 12.2. The van der Waals surface area contributed by atoms with Crippen LogP contribution < -0.4 is 10.0 Å². The summed E-state index contributed by atoms with van der Waals surface area (Å²) < 4.78 is 30.3. The van der Waals surface area contributed by atoms with Crippen LogP contribution in [0.3, 0.4) is 0 Å². The van der Waals surface area contributed by atoms with Gasteiger partial charge in [-0.15, -0.1) is 0 Å². The molecular formula is C11H15N5O2S2. The van der Waals surface area contributed by atoms with Gasteiger partial charge in [0.25, 0.3) is 10.0 Å². The Balaban J connectivity index is 2.25. The summed E-state index contributed by atoms with van der Waals surface area (Å²) >= 11 is 0.888. The summed E-state index contributed by atoms with van der Waals surface area (Å²) in [5, 5.41) is 10.3. The first kappa shape index (κ1) is 14.8. The van der Waals surface area contributed by atoms with Crippen LogP contribution in [0.4, 0.5) is 5.13 Å². The normalized spacial score (nSPS) is 13.1. The lowest BCUT2D eigenvalue weighted by atomic mass is 10.1. The molecule has 2 aromatic rings. The van der Waals surface area contributed by atoms with E-state index in [2.05, 4.69) is 24.8 Å². The van der Waals surface area contributed by atoms with E-state index in [-0.39, 0.29) is 16.1 Å². The third-order valence-electron chi connectivity index (χ3n) is 2.70. The van der Waals surface area contributed by atoms with E-state index in [1.54, 1.807) is 18.2 Å². The van der Waals surface area contributed by atoms with E-state index in [4.69, 9.17) is 0 Å². The van der Waals surface area contributed by atoms with Gasteiger partial charge in [0.05, 0.1) is 4.90 Å². The van der Waals surface area contributed by atoms with Crippen LogP contribution >= 0.6 is 11.5 Å². The summed E-state index contributed by atoms with van der Waals surface area (Å²) in [4.78, 5) is 0.190. The number of sulfonamides is 1. The van der Waals surface area contributed by atoms with Crippen LogP contribution in [0, 0.1) is 0 Å². The van der Waals surface area contributed by atoms with Gasteiger partial charge in [-0.05, 0) is 36.4 Å². The highest BCUT2D eigenvalue weighted by molar-refractivity contribution is 7.93. The Morgan fingerprint density at radius 2 is 2.20 bits per heavy atom. The van der Waals surface area contributed by atoms with Gasteiger partial charge in [-0.3, -0.25) is 4.72 Å². The van der Waals surface area contributed by atoms with Crippen molar-refractivity contribution in [3.05, 3.63) is 29.8 Å². The molecule has 2 rings (SSSR count). The highest BCUT2D eigenvalue weighted by Gasteiger charge is 2.17. The van der Waals surface area contributed by atoms with Crippen molar-refractivity contribution < 1.29 is 8.42 Å². The molecular weight excluding hydrogens is 298 g/mol. The van der Waals surface area contributed by atoms with Crippen molar-refractivity contribution in [3.8, 4) is 0 Å². The van der Waals surface area contributed by atoms with E-state index < -0.39 is 10.0 Å². The Bertz CT molecular complexity index is 657. The molecule has 2 N–H and O–H groups in total. The van der Waals surface area contributed by atoms with Crippen LogP contribution in [0.5, 0.6) is 0 Å². The van der Waals surface area contributed by atoms with E-state index in [0.717, 1.165) is 23.6 Å². The van der Waals surface area contributed by atoms with Gasteiger partial charge in [0.2, 0.25) is 5.13 Å². The Morgan fingerprint density at radius 3 is 2.85 bits per heavy atom. The first-order valence-electron chi connectivity index (χ1n) is 6.04. The smallest absolute Gasteiger partial charge is 0.263 e. The predicted molar refractivity (Wildman–Crippen MR) is 77.0 cm³/mol. The van der Waals surface area contributed by atoms with Crippen LogP contribution in [0.25, 0.3) is 0 Å². The molecule has 0 saturated carbocycles. The number of hydrogen-bond acceptors (Lipinski definition) is 7. The maximum atomic E-state index is 12.2. The molecule has 0 bridgehead atoms. The zero-order chi connectivity index (χ0) is 14.6. The third kappa shape index (κ3) is 3.50. The van der Waals surface area contributed by atoms with Crippen LogP contribution in [0.2, 0.25) is 0 Å². The quantitative estimate of drug-likeness (QED) is 0.837. The molecule has 0 spiro atoms. The van der Waals surface area contributed by atoms with Gasteiger partial charge >= 0.3 is 0 Å². The summed E-state index contributed by atoms with van der Waals surface area (Å²) in [5.41, 5.74) is 0.908. The monoisotopic (exact) mass is 313 g/mol. The first-order chi connectivity index (χ1) is 9.53. The fourth-order valence-corrected chi connectivity index (χ4v) is 3.36. The van der Waals surface area contributed by atoms with Crippen LogP contribution in [0.15, 0.2) is 29.2 Å². The van der Waals surface area contributed by atoms with Crippen LogP contribution in [-0.2, 0) is 10.0 Å². The number of rotatable bonds is 6. The lowest BCUT2D eigenvalue weighted by molar-refractivity contribution is 0.592. The van der Waals surface area contributed by atoms with Crippen molar-refractivity contribution in [3.63, 3.8) is 0 Å². The average molecular weight is 313 g/mol. The number of benzene rings is 1. The van der Waals surface area contributed by atoms with Crippen molar-refractivity contribution in [1.82, 2.24) is 20.1 Å². The molecule has 7 nitrogen and oxygen atoms in total. The number of anilines is 1. The average Bonchev–Trinajstić information content (AvgIpc) is 2.91. The maximum Gasteiger partial charge on any atom is 0.263 e. The molecule has 0 aliphatic carbocycles. The van der Waals surface area contributed by atoms with Gasteiger partial charge in [-0.2, -0.15) is 0 Å². The largest absolute Gasteiger partial charge is 0.310 e. The van der Waals surface area contributed by atoms with Gasteiger partial charge < -0.3 is 5.32 Å². The first-order valence-corrected chi connectivity index (χ1v) is 8.30. The molecule has 0 aliphatic rings. The second-order valence-electron chi connectivity index (χ2n) is 4.12. The minimum absolute atomic E-state index is 0.0818. The molecule has 0 amide bonds. The van der Waals surface area contributed by atoms with Gasteiger partial charge in [-0.25, -0.2) is 8.42 Å². The summed E-state index contributed by atoms with van der Waals surface area (Å²) in [6.45, 7) is 4.80. The molecule has 9 heteroatoms. The number of aromatic nitrogens is 3. The van der Waals surface area contributed by atoms with Crippen molar-refractivity contribution >= 4 is 26.7 Å². The molecule has 1 unspecified atom stereocenters. The molecule has 108 valence electrons. The Labute approximate surface area is 121 Å². The van der Waals surface area contributed by atoms with Gasteiger partial charge in [0.1, 0.15) is 0 Å². The summed E-state index contributed by atoms with van der Waals surface area (Å²) in [6.07, 6.45) is 0. The Kier molecular flexibility index (Phi) is 4.63. The van der Waals surface area contributed by atoms with Crippen LogP contribution in [0.1, 0.15) is 25.5 Å². The molecule has 0 saturated heterocycles. The molecule has 20 heavy (non-hydrogen) atoms. The highest BCUT2D eigenvalue weighted by Crippen LogP contribution is 2.20. The molecule has 1 atom stereocenters. The van der Waals surface area contributed by atoms with E-state index in [1.165, 1.54) is 0 Å². The summed E-state index contributed by atoms with van der Waals surface area (Å²) in [5.74, 6) is 0. The lowest BCUT2D eigenvalue weighted by Gasteiger charge is -2.14. The fourth-order valence-electron chi connectivity index (χ4n) is 1.72. The van der Waals surface area contributed by atoms with Crippen molar-refractivity contribution in [1.29, 1.82) is 0 Å². The molecule has 1 aromatic carbocycles. The van der Waals surface area contributed by atoms with Gasteiger partial charge in [-0.1, -0.05) is 28.6 Å².